The fraction of sp³-hybridized carbons (Fsp3) is 0.231. The number of benzene rings is 1. The molecule has 0 aliphatic heterocycles. The van der Waals surface area contributed by atoms with E-state index in [9.17, 15) is 9.18 Å². The molecule has 0 bridgehead atoms. The molecule has 0 N–H and O–H groups in total. The molecule has 0 saturated carbocycles. The third-order valence-electron chi connectivity index (χ3n) is 2.57. The van der Waals surface area contributed by atoms with Gasteiger partial charge in [-0.05, 0) is 31.5 Å². The molecule has 0 aliphatic rings. The largest absolute Gasteiger partial charge is 0.419 e. The van der Waals surface area contributed by atoms with Crippen LogP contribution in [0.25, 0.3) is 0 Å². The first kappa shape index (κ1) is 12.3. The summed E-state index contributed by atoms with van der Waals surface area (Å²) in [4.78, 5) is 11.9. The zero-order chi connectivity index (χ0) is 13.3. The Morgan fingerprint density at radius 3 is 2.72 bits per heavy atom. The summed E-state index contributed by atoms with van der Waals surface area (Å²) in [5.74, 6) is -1.22. The monoisotopic (exact) mass is 248 g/mol. The number of halogens is 1. The molecule has 0 radical (unpaired) electrons. The number of aromatic nitrogens is 2. The van der Waals surface area contributed by atoms with Crippen LogP contribution in [0.4, 0.5) is 4.39 Å². The Bertz CT molecular complexity index is 605. The molecule has 1 heterocycles. The molecule has 1 aromatic carbocycles. The summed E-state index contributed by atoms with van der Waals surface area (Å²) >= 11 is 0. The number of ether oxygens (including phenoxy) is 1. The lowest BCUT2D eigenvalue weighted by atomic mass is 10.2. The zero-order valence-electron chi connectivity index (χ0n) is 10.4. The van der Waals surface area contributed by atoms with Gasteiger partial charge < -0.3 is 4.74 Å². The molecule has 0 amide bonds. The molecule has 0 atom stereocenters. The van der Waals surface area contributed by atoms with Crippen LogP contribution in [0.2, 0.25) is 0 Å². The van der Waals surface area contributed by atoms with Crippen LogP contribution in [0.3, 0.4) is 0 Å². The van der Waals surface area contributed by atoms with Crippen molar-refractivity contribution in [2.75, 3.05) is 0 Å². The van der Waals surface area contributed by atoms with Gasteiger partial charge in [0.05, 0.1) is 5.69 Å². The zero-order valence-corrected chi connectivity index (χ0v) is 10.4. The van der Waals surface area contributed by atoms with E-state index in [1.807, 2.05) is 0 Å². The molecular formula is C13H13FN2O2. The summed E-state index contributed by atoms with van der Waals surface area (Å²) < 4.78 is 20.1. The molecule has 0 unspecified atom stereocenters. The van der Waals surface area contributed by atoms with E-state index in [-0.39, 0.29) is 11.4 Å². The molecule has 0 aliphatic carbocycles. The molecule has 2 rings (SSSR count). The fourth-order valence-electron chi connectivity index (χ4n) is 1.65. The van der Waals surface area contributed by atoms with Crippen LogP contribution in [0, 0.1) is 19.7 Å². The van der Waals surface area contributed by atoms with Crippen LogP contribution in [0.5, 0.6) is 5.75 Å². The van der Waals surface area contributed by atoms with E-state index in [1.54, 1.807) is 39.1 Å². The predicted octanol–water partition coefficient (Wildman–Crippen LogP) is 2.40. The smallest absolute Gasteiger partial charge is 0.362 e. The molecule has 18 heavy (non-hydrogen) atoms. The van der Waals surface area contributed by atoms with Crippen molar-refractivity contribution in [3.05, 3.63) is 47.0 Å². The molecule has 1 aromatic heterocycles. The van der Waals surface area contributed by atoms with E-state index in [2.05, 4.69) is 5.10 Å². The Balaban J connectivity index is 2.27. The number of hydrogen-bond acceptors (Lipinski definition) is 3. The predicted molar refractivity (Wildman–Crippen MR) is 64.0 cm³/mol. The number of carbonyl (C=O) groups is 1. The molecule has 0 saturated heterocycles. The Morgan fingerprint density at radius 2 is 2.11 bits per heavy atom. The van der Waals surface area contributed by atoms with Crippen molar-refractivity contribution in [1.82, 2.24) is 9.78 Å². The lowest BCUT2D eigenvalue weighted by Crippen LogP contribution is -2.14. The first-order valence-corrected chi connectivity index (χ1v) is 5.47. The summed E-state index contributed by atoms with van der Waals surface area (Å²) in [6, 6.07) is 6.26. The summed E-state index contributed by atoms with van der Waals surface area (Å²) in [7, 11) is 1.64. The molecule has 4 nitrogen and oxygen atoms in total. The van der Waals surface area contributed by atoms with E-state index in [0.29, 0.717) is 11.3 Å². The van der Waals surface area contributed by atoms with Gasteiger partial charge in [0, 0.05) is 7.05 Å². The number of esters is 1. The first-order chi connectivity index (χ1) is 8.49. The molecule has 0 fully saturated rings. The standard InChI is InChI=1S/C13H13FN2O2/c1-8-5-4-6-11(12(8)14)18-13(17)10-7-9(2)15-16(10)3/h4-7H,1-3H3. The normalized spacial score (nSPS) is 10.4. The highest BCUT2D eigenvalue weighted by Crippen LogP contribution is 2.20. The topological polar surface area (TPSA) is 44.1 Å². The van der Waals surface area contributed by atoms with Crippen LogP contribution < -0.4 is 4.74 Å². The minimum absolute atomic E-state index is 0.0705. The quantitative estimate of drug-likeness (QED) is 0.605. The van der Waals surface area contributed by atoms with Crippen molar-refractivity contribution >= 4 is 5.97 Å². The molecule has 94 valence electrons. The van der Waals surface area contributed by atoms with Gasteiger partial charge >= 0.3 is 5.97 Å². The van der Waals surface area contributed by atoms with E-state index >= 15 is 0 Å². The number of carbonyl (C=O) groups excluding carboxylic acids is 1. The maximum atomic E-state index is 13.7. The average Bonchev–Trinajstić information content (AvgIpc) is 2.64. The highest BCUT2D eigenvalue weighted by Gasteiger charge is 2.16. The van der Waals surface area contributed by atoms with Gasteiger partial charge in [-0.1, -0.05) is 12.1 Å². The highest BCUT2D eigenvalue weighted by molar-refractivity contribution is 5.89. The summed E-state index contributed by atoms with van der Waals surface area (Å²) in [5.41, 5.74) is 1.42. The SMILES string of the molecule is Cc1cc(C(=O)Oc2cccc(C)c2F)n(C)n1. The molecule has 5 heteroatoms. The van der Waals surface area contributed by atoms with E-state index in [1.165, 1.54) is 10.7 Å². The van der Waals surface area contributed by atoms with Crippen LogP contribution in [-0.2, 0) is 7.05 Å². The van der Waals surface area contributed by atoms with Gasteiger partial charge in [-0.25, -0.2) is 9.18 Å². The van der Waals surface area contributed by atoms with Gasteiger partial charge in [-0.2, -0.15) is 5.10 Å². The second-order valence-electron chi connectivity index (χ2n) is 4.07. The second-order valence-corrected chi connectivity index (χ2v) is 4.07. The molecule has 2 aromatic rings. The van der Waals surface area contributed by atoms with Gasteiger partial charge in [0.25, 0.3) is 0 Å². The van der Waals surface area contributed by atoms with Crippen molar-refractivity contribution in [2.24, 2.45) is 7.05 Å². The minimum Gasteiger partial charge on any atom is -0.419 e. The van der Waals surface area contributed by atoms with Crippen LogP contribution >= 0.6 is 0 Å². The highest BCUT2D eigenvalue weighted by atomic mass is 19.1. The van der Waals surface area contributed by atoms with Crippen molar-refractivity contribution in [2.45, 2.75) is 13.8 Å². The van der Waals surface area contributed by atoms with Crippen molar-refractivity contribution in [3.63, 3.8) is 0 Å². The maximum Gasteiger partial charge on any atom is 0.362 e. The van der Waals surface area contributed by atoms with Crippen molar-refractivity contribution < 1.29 is 13.9 Å². The number of hydrogen-bond donors (Lipinski definition) is 0. The summed E-state index contributed by atoms with van der Waals surface area (Å²) in [6.07, 6.45) is 0. The van der Waals surface area contributed by atoms with E-state index in [4.69, 9.17) is 4.74 Å². The third-order valence-corrected chi connectivity index (χ3v) is 2.57. The van der Waals surface area contributed by atoms with Crippen LogP contribution in [0.1, 0.15) is 21.7 Å². The minimum atomic E-state index is -0.623. The summed E-state index contributed by atoms with van der Waals surface area (Å²) in [5, 5.41) is 4.04. The number of rotatable bonds is 2. The Morgan fingerprint density at radius 1 is 1.39 bits per heavy atom. The number of aryl methyl sites for hydroxylation is 3. The van der Waals surface area contributed by atoms with Gasteiger partial charge in [0.2, 0.25) is 0 Å². The Kier molecular flexibility index (Phi) is 3.14. The van der Waals surface area contributed by atoms with E-state index in [0.717, 1.165) is 0 Å². The first-order valence-electron chi connectivity index (χ1n) is 5.47. The number of nitrogens with zero attached hydrogens (tertiary/aromatic N) is 2. The molecular weight excluding hydrogens is 235 g/mol. The van der Waals surface area contributed by atoms with Gasteiger partial charge in [0.1, 0.15) is 5.69 Å². The maximum absolute atomic E-state index is 13.7. The van der Waals surface area contributed by atoms with Gasteiger partial charge in [-0.15, -0.1) is 0 Å². The van der Waals surface area contributed by atoms with Crippen LogP contribution in [0.15, 0.2) is 24.3 Å². The van der Waals surface area contributed by atoms with Crippen molar-refractivity contribution in [3.8, 4) is 5.75 Å². The van der Waals surface area contributed by atoms with Gasteiger partial charge in [-0.3, -0.25) is 4.68 Å². The lowest BCUT2D eigenvalue weighted by molar-refractivity contribution is 0.0716. The summed E-state index contributed by atoms with van der Waals surface area (Å²) in [6.45, 7) is 3.38. The van der Waals surface area contributed by atoms with Crippen molar-refractivity contribution in [1.29, 1.82) is 0 Å². The lowest BCUT2D eigenvalue weighted by Gasteiger charge is -2.06. The van der Waals surface area contributed by atoms with E-state index < -0.39 is 11.8 Å². The second kappa shape index (κ2) is 4.60. The fourth-order valence-corrected chi connectivity index (χ4v) is 1.65. The molecule has 0 spiro atoms. The van der Waals surface area contributed by atoms with Gasteiger partial charge in [0.15, 0.2) is 11.6 Å². The third kappa shape index (κ3) is 2.25. The Labute approximate surface area is 104 Å². The average molecular weight is 248 g/mol. The Hall–Kier alpha value is -2.17. The van der Waals surface area contributed by atoms with Crippen LogP contribution in [-0.4, -0.2) is 15.7 Å².